The summed E-state index contributed by atoms with van der Waals surface area (Å²) >= 11 is 3.50. The van der Waals surface area contributed by atoms with Gasteiger partial charge in [0.15, 0.2) is 5.96 Å². The molecule has 6 nitrogen and oxygen atoms in total. The van der Waals surface area contributed by atoms with Crippen LogP contribution in [0.3, 0.4) is 0 Å². The minimum Gasteiger partial charge on any atom is -0.496 e. The molecular weight excluding hydrogens is 396 g/mol. The first-order chi connectivity index (χ1) is 12.6. The van der Waals surface area contributed by atoms with Gasteiger partial charge in [-0.2, -0.15) is 0 Å². The summed E-state index contributed by atoms with van der Waals surface area (Å²) < 4.78 is 11.9. The highest BCUT2D eigenvalue weighted by Crippen LogP contribution is 2.23. The second kappa shape index (κ2) is 10.2. The van der Waals surface area contributed by atoms with Crippen LogP contribution in [0.4, 0.5) is 0 Å². The molecule has 0 fully saturated rings. The van der Waals surface area contributed by atoms with Gasteiger partial charge >= 0.3 is 0 Å². The number of methoxy groups -OCH3 is 1. The molecule has 0 saturated heterocycles. The summed E-state index contributed by atoms with van der Waals surface area (Å²) in [6.07, 6.45) is 1.68. The van der Waals surface area contributed by atoms with E-state index in [9.17, 15) is 0 Å². The second-order valence-electron chi connectivity index (χ2n) is 5.74. The molecule has 0 saturated carbocycles. The van der Waals surface area contributed by atoms with E-state index < -0.39 is 0 Å². The van der Waals surface area contributed by atoms with E-state index in [2.05, 4.69) is 50.6 Å². The Kier molecular flexibility index (Phi) is 7.97. The number of hydrogen-bond acceptors (Lipinski definition) is 4. The monoisotopic (exact) mass is 422 g/mol. The van der Waals surface area contributed by atoms with E-state index in [-0.39, 0.29) is 0 Å². The number of nitrogens with one attached hydrogen (secondary N) is 2. The van der Waals surface area contributed by atoms with Crippen molar-refractivity contribution in [2.45, 2.75) is 46.7 Å². The van der Waals surface area contributed by atoms with E-state index in [1.54, 1.807) is 7.11 Å². The lowest BCUT2D eigenvalue weighted by Crippen LogP contribution is -2.37. The van der Waals surface area contributed by atoms with Crippen molar-refractivity contribution >= 4 is 21.9 Å². The quantitative estimate of drug-likeness (QED) is 0.499. The summed E-state index contributed by atoms with van der Waals surface area (Å²) in [5.74, 6) is 2.51. The van der Waals surface area contributed by atoms with Crippen molar-refractivity contribution in [3.05, 3.63) is 45.3 Å². The molecule has 2 N–H and O–H groups in total. The maximum atomic E-state index is 5.43. The molecule has 0 unspecified atom stereocenters. The zero-order valence-electron chi connectivity index (χ0n) is 15.9. The minimum atomic E-state index is 0.517. The van der Waals surface area contributed by atoms with E-state index in [0.29, 0.717) is 13.1 Å². The number of halogens is 1. The summed E-state index contributed by atoms with van der Waals surface area (Å²) in [5, 5.41) is 10.8. The molecule has 2 aromatic rings. The molecule has 0 atom stereocenters. The van der Waals surface area contributed by atoms with Crippen molar-refractivity contribution in [2.24, 2.45) is 4.99 Å². The molecule has 0 radical (unpaired) electrons. The maximum absolute atomic E-state index is 5.43. The topological polar surface area (TPSA) is 71.7 Å². The number of aliphatic imine (C=N–C) groups is 1. The number of aromatic nitrogens is 1. The Labute approximate surface area is 163 Å². The molecule has 0 aliphatic heterocycles. The summed E-state index contributed by atoms with van der Waals surface area (Å²) in [4.78, 5) is 4.69. The Balaban J connectivity index is 2.13. The van der Waals surface area contributed by atoms with Gasteiger partial charge in [0.05, 0.1) is 19.3 Å². The van der Waals surface area contributed by atoms with Gasteiger partial charge in [-0.1, -0.05) is 34.9 Å². The van der Waals surface area contributed by atoms with Crippen molar-refractivity contribution < 1.29 is 9.26 Å². The lowest BCUT2D eigenvalue weighted by atomic mass is 10.1. The fourth-order valence-electron chi connectivity index (χ4n) is 2.69. The molecule has 26 heavy (non-hydrogen) atoms. The highest BCUT2D eigenvalue weighted by atomic mass is 79.9. The molecule has 0 spiro atoms. The molecule has 7 heteroatoms. The van der Waals surface area contributed by atoms with Gasteiger partial charge in [-0.25, -0.2) is 4.99 Å². The van der Waals surface area contributed by atoms with E-state index in [1.807, 2.05) is 25.1 Å². The van der Waals surface area contributed by atoms with Crippen molar-refractivity contribution in [2.75, 3.05) is 13.7 Å². The first-order valence-electron chi connectivity index (χ1n) is 8.93. The average molecular weight is 423 g/mol. The Morgan fingerprint density at radius 1 is 1.23 bits per heavy atom. The lowest BCUT2D eigenvalue weighted by molar-refractivity contribution is 0.380. The number of hydrogen-bond donors (Lipinski definition) is 2. The minimum absolute atomic E-state index is 0.517. The van der Waals surface area contributed by atoms with Gasteiger partial charge in [-0.3, -0.25) is 0 Å². The number of rotatable bonds is 8. The number of guanidine groups is 1. The zero-order chi connectivity index (χ0) is 18.9. The largest absolute Gasteiger partial charge is 0.496 e. The molecule has 1 heterocycles. The van der Waals surface area contributed by atoms with Gasteiger partial charge in [0.2, 0.25) is 0 Å². The third-order valence-electron chi connectivity index (χ3n) is 4.03. The highest BCUT2D eigenvalue weighted by molar-refractivity contribution is 9.10. The summed E-state index contributed by atoms with van der Waals surface area (Å²) in [7, 11) is 1.67. The van der Waals surface area contributed by atoms with Crippen LogP contribution >= 0.6 is 15.9 Å². The average Bonchev–Trinajstić information content (AvgIpc) is 3.06. The molecule has 1 aromatic carbocycles. The zero-order valence-corrected chi connectivity index (χ0v) is 17.4. The van der Waals surface area contributed by atoms with Crippen LogP contribution in [0.25, 0.3) is 0 Å². The molecule has 142 valence electrons. The van der Waals surface area contributed by atoms with Crippen molar-refractivity contribution in [1.82, 2.24) is 15.8 Å². The van der Waals surface area contributed by atoms with Crippen LogP contribution in [-0.2, 0) is 25.9 Å². The van der Waals surface area contributed by atoms with Gasteiger partial charge in [-0.05, 0) is 31.5 Å². The van der Waals surface area contributed by atoms with E-state index in [1.165, 1.54) is 0 Å². The van der Waals surface area contributed by atoms with Crippen LogP contribution in [0.15, 0.2) is 32.2 Å². The normalized spacial score (nSPS) is 11.5. The molecule has 1 aromatic heterocycles. The first kappa shape index (κ1) is 20.3. The predicted octanol–water partition coefficient (Wildman–Crippen LogP) is 3.83. The number of aryl methyl sites for hydroxylation is 2. The highest BCUT2D eigenvalue weighted by Gasteiger charge is 2.13. The van der Waals surface area contributed by atoms with E-state index >= 15 is 0 Å². The van der Waals surface area contributed by atoms with Crippen molar-refractivity contribution in [1.29, 1.82) is 0 Å². The first-order valence-corrected chi connectivity index (χ1v) is 9.73. The van der Waals surface area contributed by atoms with Gasteiger partial charge in [0, 0.05) is 35.1 Å². The van der Waals surface area contributed by atoms with Crippen molar-refractivity contribution in [3.63, 3.8) is 0 Å². The van der Waals surface area contributed by atoms with E-state index in [0.717, 1.165) is 58.1 Å². The molecule has 0 aliphatic carbocycles. The van der Waals surface area contributed by atoms with E-state index in [4.69, 9.17) is 9.26 Å². The van der Waals surface area contributed by atoms with Crippen LogP contribution in [-0.4, -0.2) is 24.8 Å². The third kappa shape index (κ3) is 5.24. The standard InChI is InChI=1S/C19H27BrN4O2/c1-5-16-15(17(6-2)26-24-16)12-23-19(21-7-3)22-11-13-10-14(20)8-9-18(13)25-4/h8-10H,5-7,11-12H2,1-4H3,(H2,21,22,23). The van der Waals surface area contributed by atoms with Gasteiger partial charge in [-0.15, -0.1) is 0 Å². The van der Waals surface area contributed by atoms with Crippen molar-refractivity contribution in [3.8, 4) is 5.75 Å². The summed E-state index contributed by atoms with van der Waals surface area (Å²) in [5.41, 5.74) is 3.15. The third-order valence-corrected chi connectivity index (χ3v) is 4.53. The lowest BCUT2D eigenvalue weighted by Gasteiger charge is -2.13. The fraction of sp³-hybridized carbons (Fsp3) is 0.474. The van der Waals surface area contributed by atoms with Crippen LogP contribution in [0.1, 0.15) is 43.4 Å². The molecule has 0 amide bonds. The Hall–Kier alpha value is -2.02. The van der Waals surface area contributed by atoms with Gasteiger partial charge < -0.3 is 19.9 Å². The molecular formula is C19H27BrN4O2. The number of ether oxygens (including phenoxy) is 1. The Morgan fingerprint density at radius 3 is 2.69 bits per heavy atom. The van der Waals surface area contributed by atoms with Crippen LogP contribution in [0, 0.1) is 0 Å². The Morgan fingerprint density at radius 2 is 2.04 bits per heavy atom. The number of benzene rings is 1. The number of nitrogens with zero attached hydrogens (tertiary/aromatic N) is 2. The smallest absolute Gasteiger partial charge is 0.191 e. The summed E-state index contributed by atoms with van der Waals surface area (Å²) in [6, 6.07) is 5.92. The molecule has 0 aliphatic rings. The van der Waals surface area contributed by atoms with Gasteiger partial charge in [0.25, 0.3) is 0 Å². The second-order valence-corrected chi connectivity index (χ2v) is 6.66. The molecule has 2 rings (SSSR count). The Bertz CT molecular complexity index is 722. The summed E-state index contributed by atoms with van der Waals surface area (Å²) in [6.45, 7) is 8.14. The fourth-order valence-corrected chi connectivity index (χ4v) is 3.10. The SMILES string of the molecule is CCNC(=NCc1cc(Br)ccc1OC)NCc1c(CC)noc1CC. The maximum Gasteiger partial charge on any atom is 0.191 e. The molecule has 0 bridgehead atoms. The predicted molar refractivity (Wildman–Crippen MR) is 108 cm³/mol. The van der Waals surface area contributed by atoms with Crippen LogP contribution in [0.5, 0.6) is 5.75 Å². The van der Waals surface area contributed by atoms with Crippen LogP contribution in [0.2, 0.25) is 0 Å². The van der Waals surface area contributed by atoms with Gasteiger partial charge in [0.1, 0.15) is 11.5 Å². The van der Waals surface area contributed by atoms with Crippen LogP contribution < -0.4 is 15.4 Å².